The highest BCUT2D eigenvalue weighted by Crippen LogP contribution is 2.26. The second-order valence-electron chi connectivity index (χ2n) is 7.94. The highest BCUT2D eigenvalue weighted by atomic mass is 16.3. The van der Waals surface area contributed by atoms with Gasteiger partial charge in [-0.25, -0.2) is 0 Å². The Kier molecular flexibility index (Phi) is 5.07. The average Bonchev–Trinajstić information content (AvgIpc) is 2.93. The third-order valence-corrected chi connectivity index (χ3v) is 4.69. The zero-order valence-corrected chi connectivity index (χ0v) is 15.1. The molecule has 0 bridgehead atoms. The first-order valence-corrected chi connectivity index (χ1v) is 8.93. The summed E-state index contributed by atoms with van der Waals surface area (Å²) < 4.78 is 2.07. The summed E-state index contributed by atoms with van der Waals surface area (Å²) in [4.78, 5) is 2.44. The average molecular weight is 327 g/mol. The Hall–Kier alpha value is -1.65. The van der Waals surface area contributed by atoms with Crippen molar-refractivity contribution in [2.45, 2.75) is 58.2 Å². The monoisotopic (exact) mass is 327 g/mol. The minimum absolute atomic E-state index is 0.0343. The van der Waals surface area contributed by atoms with Crippen LogP contribution in [0.3, 0.4) is 0 Å². The van der Waals surface area contributed by atoms with Crippen molar-refractivity contribution < 1.29 is 5.11 Å². The molecular weight excluding hydrogens is 298 g/mol. The van der Waals surface area contributed by atoms with E-state index < -0.39 is 0 Å². The molecule has 4 heteroatoms. The van der Waals surface area contributed by atoms with Gasteiger partial charge in [-0.05, 0) is 18.4 Å². The number of benzene rings is 1. The van der Waals surface area contributed by atoms with Crippen LogP contribution in [0.1, 0.15) is 50.4 Å². The Morgan fingerprint density at radius 2 is 1.75 bits per heavy atom. The van der Waals surface area contributed by atoms with Crippen molar-refractivity contribution in [3.8, 4) is 0 Å². The summed E-state index contributed by atoms with van der Waals surface area (Å²) in [5.41, 5.74) is 3.81. The van der Waals surface area contributed by atoms with E-state index in [2.05, 4.69) is 60.8 Å². The Balaban J connectivity index is 1.79. The molecule has 1 aromatic carbocycles. The molecule has 0 atom stereocenters. The zero-order valence-electron chi connectivity index (χ0n) is 15.1. The van der Waals surface area contributed by atoms with Gasteiger partial charge in [-0.2, -0.15) is 5.10 Å². The lowest BCUT2D eigenvalue weighted by atomic mass is 9.89. The highest BCUT2D eigenvalue weighted by molar-refractivity contribution is 5.25. The van der Waals surface area contributed by atoms with E-state index in [0.717, 1.165) is 39.0 Å². The molecule has 0 amide bonds. The number of hydrogen-bond acceptors (Lipinski definition) is 3. The van der Waals surface area contributed by atoms with Crippen molar-refractivity contribution in [1.82, 2.24) is 14.7 Å². The predicted molar refractivity (Wildman–Crippen MR) is 97.0 cm³/mol. The lowest BCUT2D eigenvalue weighted by Crippen LogP contribution is -2.35. The topological polar surface area (TPSA) is 41.3 Å². The minimum Gasteiger partial charge on any atom is -0.393 e. The van der Waals surface area contributed by atoms with Crippen LogP contribution in [0.4, 0.5) is 0 Å². The highest BCUT2D eigenvalue weighted by Gasteiger charge is 2.25. The molecule has 2 heterocycles. The summed E-state index contributed by atoms with van der Waals surface area (Å²) in [6, 6.07) is 10.5. The summed E-state index contributed by atoms with van der Waals surface area (Å²) in [5.74, 6) is 0. The van der Waals surface area contributed by atoms with Gasteiger partial charge < -0.3 is 5.11 Å². The van der Waals surface area contributed by atoms with E-state index in [1.165, 1.54) is 16.8 Å². The van der Waals surface area contributed by atoms with Gasteiger partial charge in [-0.3, -0.25) is 9.58 Å². The number of aromatic nitrogens is 2. The minimum atomic E-state index is -0.121. The second kappa shape index (κ2) is 7.08. The molecular formula is C20H29N3O. The molecule has 1 aliphatic heterocycles. The van der Waals surface area contributed by atoms with Gasteiger partial charge in [0.2, 0.25) is 0 Å². The molecule has 0 aliphatic carbocycles. The van der Waals surface area contributed by atoms with E-state index in [4.69, 9.17) is 5.10 Å². The maximum Gasteiger partial charge on any atom is 0.0723 e. The Morgan fingerprint density at radius 1 is 1.08 bits per heavy atom. The van der Waals surface area contributed by atoms with Crippen molar-refractivity contribution in [2.75, 3.05) is 13.1 Å². The van der Waals surface area contributed by atoms with Crippen molar-refractivity contribution in [3.05, 3.63) is 53.3 Å². The fourth-order valence-electron chi connectivity index (χ4n) is 3.38. The third-order valence-electron chi connectivity index (χ3n) is 4.69. The van der Waals surface area contributed by atoms with Crippen LogP contribution >= 0.6 is 0 Å². The lowest BCUT2D eigenvalue weighted by Gasteiger charge is -2.30. The predicted octanol–water partition coefficient (Wildman–Crippen LogP) is 3.19. The molecule has 1 fully saturated rings. The van der Waals surface area contributed by atoms with E-state index in [-0.39, 0.29) is 11.5 Å². The van der Waals surface area contributed by atoms with Crippen LogP contribution in [0, 0.1) is 0 Å². The van der Waals surface area contributed by atoms with Gasteiger partial charge in [0.15, 0.2) is 0 Å². The van der Waals surface area contributed by atoms with Gasteiger partial charge in [0.05, 0.1) is 18.3 Å². The molecule has 24 heavy (non-hydrogen) atoms. The number of aliphatic hydroxyl groups excluding tert-OH is 1. The molecule has 4 nitrogen and oxygen atoms in total. The molecule has 1 N–H and O–H groups in total. The first-order chi connectivity index (χ1) is 11.4. The molecule has 130 valence electrons. The molecule has 1 aromatic heterocycles. The molecule has 0 radical (unpaired) electrons. The first-order valence-electron chi connectivity index (χ1n) is 8.93. The Labute approximate surface area is 145 Å². The van der Waals surface area contributed by atoms with Gasteiger partial charge in [0, 0.05) is 36.8 Å². The molecule has 0 saturated carbocycles. The first kappa shape index (κ1) is 17.2. The Morgan fingerprint density at radius 3 is 2.38 bits per heavy atom. The van der Waals surface area contributed by atoms with Crippen molar-refractivity contribution in [2.24, 2.45) is 0 Å². The lowest BCUT2D eigenvalue weighted by molar-refractivity contribution is 0.0790. The van der Waals surface area contributed by atoms with Crippen LogP contribution in [0.15, 0.2) is 36.5 Å². The summed E-state index contributed by atoms with van der Waals surface area (Å²) in [6.45, 7) is 10.4. The molecule has 0 spiro atoms. The van der Waals surface area contributed by atoms with E-state index in [9.17, 15) is 5.11 Å². The number of rotatable bonds is 4. The van der Waals surface area contributed by atoms with Gasteiger partial charge in [-0.15, -0.1) is 0 Å². The normalized spacial score (nSPS) is 17.3. The molecule has 1 aliphatic rings. The summed E-state index contributed by atoms with van der Waals surface area (Å²) in [6.07, 6.45) is 3.84. The molecule has 3 rings (SSSR count). The summed E-state index contributed by atoms with van der Waals surface area (Å²) in [7, 11) is 0. The van der Waals surface area contributed by atoms with Crippen LogP contribution in [-0.2, 0) is 18.5 Å². The fourth-order valence-corrected chi connectivity index (χ4v) is 3.38. The fraction of sp³-hybridized carbons (Fsp3) is 0.550. The van der Waals surface area contributed by atoms with Crippen LogP contribution in [0.5, 0.6) is 0 Å². The van der Waals surface area contributed by atoms with Gasteiger partial charge in [0.1, 0.15) is 0 Å². The van der Waals surface area contributed by atoms with Gasteiger partial charge in [-0.1, -0.05) is 51.1 Å². The van der Waals surface area contributed by atoms with Gasteiger partial charge >= 0.3 is 0 Å². The van der Waals surface area contributed by atoms with Crippen molar-refractivity contribution in [3.63, 3.8) is 0 Å². The quantitative estimate of drug-likeness (QED) is 0.938. The number of piperidine rings is 1. The number of hydrogen-bond donors (Lipinski definition) is 1. The van der Waals surface area contributed by atoms with Gasteiger partial charge in [0.25, 0.3) is 0 Å². The van der Waals surface area contributed by atoms with E-state index in [1.807, 2.05) is 6.07 Å². The standard InChI is InChI=1S/C20H29N3O/c1-20(2,3)19-17(14-22-11-9-18(24)10-12-22)15-23(21-19)13-16-7-5-4-6-8-16/h4-8,15,18,24H,9-14H2,1-3H3. The second-order valence-corrected chi connectivity index (χ2v) is 7.94. The molecule has 2 aromatic rings. The van der Waals surface area contributed by atoms with E-state index >= 15 is 0 Å². The van der Waals surface area contributed by atoms with E-state index in [1.54, 1.807) is 0 Å². The summed E-state index contributed by atoms with van der Waals surface area (Å²) in [5, 5.41) is 14.6. The van der Waals surface area contributed by atoms with Crippen LogP contribution in [-0.4, -0.2) is 39.0 Å². The summed E-state index contributed by atoms with van der Waals surface area (Å²) >= 11 is 0. The number of likely N-dealkylation sites (tertiary alicyclic amines) is 1. The molecule has 0 unspecified atom stereocenters. The smallest absolute Gasteiger partial charge is 0.0723 e. The number of aliphatic hydroxyl groups is 1. The SMILES string of the molecule is CC(C)(C)c1nn(Cc2ccccc2)cc1CN1CCC(O)CC1. The van der Waals surface area contributed by atoms with Crippen molar-refractivity contribution >= 4 is 0 Å². The number of nitrogens with zero attached hydrogens (tertiary/aromatic N) is 3. The third kappa shape index (κ3) is 4.25. The van der Waals surface area contributed by atoms with Crippen LogP contribution < -0.4 is 0 Å². The molecule has 1 saturated heterocycles. The van der Waals surface area contributed by atoms with Crippen molar-refractivity contribution in [1.29, 1.82) is 0 Å². The largest absolute Gasteiger partial charge is 0.393 e. The van der Waals surface area contributed by atoms with Crippen LogP contribution in [0.25, 0.3) is 0 Å². The zero-order chi connectivity index (χ0) is 17.2. The van der Waals surface area contributed by atoms with E-state index in [0.29, 0.717) is 0 Å². The maximum atomic E-state index is 9.70. The maximum absolute atomic E-state index is 9.70. The Bertz CT molecular complexity index is 649. The van der Waals surface area contributed by atoms with Crippen LogP contribution in [0.2, 0.25) is 0 Å².